The van der Waals surface area contributed by atoms with Crippen LogP contribution in [0.4, 0.5) is 5.95 Å². The topological polar surface area (TPSA) is 83.2 Å². The summed E-state index contributed by atoms with van der Waals surface area (Å²) >= 11 is 5.79. The number of nitrogens with two attached hydrogens (primary N) is 1. The molecule has 1 heterocycles. The van der Waals surface area contributed by atoms with Crippen molar-refractivity contribution in [3.8, 4) is 17.8 Å². The molecule has 0 spiro atoms. The average Bonchev–Trinajstić information content (AvgIpc) is 2.38. The summed E-state index contributed by atoms with van der Waals surface area (Å²) in [5, 5.41) is 0.620. The zero-order chi connectivity index (χ0) is 13.7. The molecule has 0 fully saturated rings. The summed E-state index contributed by atoms with van der Waals surface area (Å²) < 4.78 is 10.7. The van der Waals surface area contributed by atoms with Crippen LogP contribution in [0.2, 0.25) is 5.02 Å². The van der Waals surface area contributed by atoms with Crippen molar-refractivity contribution in [3.63, 3.8) is 0 Å². The number of nitrogens with zero attached hydrogens (tertiary/aromatic N) is 3. The summed E-state index contributed by atoms with van der Waals surface area (Å²) in [6.07, 6.45) is 0.846. The highest BCUT2D eigenvalue weighted by atomic mass is 35.5. The molecule has 0 amide bonds. The number of anilines is 1. The zero-order valence-corrected chi connectivity index (χ0v) is 11.1. The lowest BCUT2D eigenvalue weighted by molar-refractivity contribution is 0.285. The predicted octanol–water partition coefficient (Wildman–Crippen LogP) is 2.69. The summed E-state index contributed by atoms with van der Waals surface area (Å²) in [4.78, 5) is 11.7. The molecule has 100 valence electrons. The largest absolute Gasteiger partial charge is 0.463 e. The Kier molecular flexibility index (Phi) is 4.35. The minimum atomic E-state index is 0.0464. The van der Waals surface area contributed by atoms with E-state index in [1.165, 1.54) is 0 Å². The van der Waals surface area contributed by atoms with Crippen molar-refractivity contribution in [2.24, 2.45) is 0 Å². The van der Waals surface area contributed by atoms with Crippen LogP contribution >= 0.6 is 11.6 Å². The van der Waals surface area contributed by atoms with Gasteiger partial charge in [0.25, 0.3) is 0 Å². The minimum Gasteiger partial charge on any atom is -0.463 e. The fraction of sp³-hybridized carbons (Fsp3) is 0.250. The average molecular weight is 281 g/mol. The molecule has 1 aromatic carbocycles. The molecule has 0 bridgehead atoms. The SMILES string of the molecule is CCCOc1nc(N)nc(Oc2ccc(Cl)cc2)n1. The van der Waals surface area contributed by atoms with Gasteiger partial charge in [-0.3, -0.25) is 0 Å². The highest BCUT2D eigenvalue weighted by molar-refractivity contribution is 6.30. The molecule has 0 aliphatic heterocycles. The third-order valence-electron chi connectivity index (χ3n) is 2.07. The van der Waals surface area contributed by atoms with Crippen LogP contribution in [0.5, 0.6) is 17.8 Å². The van der Waals surface area contributed by atoms with Gasteiger partial charge in [0.2, 0.25) is 5.95 Å². The van der Waals surface area contributed by atoms with E-state index in [1.54, 1.807) is 24.3 Å². The first-order valence-corrected chi connectivity index (χ1v) is 6.13. The van der Waals surface area contributed by atoms with Crippen molar-refractivity contribution in [2.45, 2.75) is 13.3 Å². The lowest BCUT2D eigenvalue weighted by Gasteiger charge is -2.06. The first-order chi connectivity index (χ1) is 9.17. The number of ether oxygens (including phenoxy) is 2. The van der Waals surface area contributed by atoms with Crippen molar-refractivity contribution in [1.29, 1.82) is 0 Å². The lowest BCUT2D eigenvalue weighted by Crippen LogP contribution is -2.05. The van der Waals surface area contributed by atoms with Gasteiger partial charge in [0.15, 0.2) is 0 Å². The highest BCUT2D eigenvalue weighted by Gasteiger charge is 2.07. The summed E-state index contributed by atoms with van der Waals surface area (Å²) in [6.45, 7) is 2.49. The van der Waals surface area contributed by atoms with E-state index >= 15 is 0 Å². The minimum absolute atomic E-state index is 0.0464. The van der Waals surface area contributed by atoms with E-state index in [2.05, 4.69) is 15.0 Å². The molecule has 0 saturated heterocycles. The molecule has 2 rings (SSSR count). The van der Waals surface area contributed by atoms with Crippen LogP contribution in [0.25, 0.3) is 0 Å². The molecular weight excluding hydrogens is 268 g/mol. The molecule has 0 aliphatic carbocycles. The lowest BCUT2D eigenvalue weighted by atomic mass is 10.3. The van der Waals surface area contributed by atoms with Gasteiger partial charge in [-0.15, -0.1) is 4.98 Å². The van der Waals surface area contributed by atoms with Crippen LogP contribution in [0, 0.1) is 0 Å². The number of halogens is 1. The predicted molar refractivity (Wildman–Crippen MR) is 71.6 cm³/mol. The summed E-state index contributed by atoms with van der Waals surface area (Å²) in [6, 6.07) is 7.05. The third kappa shape index (κ3) is 3.96. The Labute approximate surface area is 115 Å². The zero-order valence-electron chi connectivity index (χ0n) is 10.3. The van der Waals surface area contributed by atoms with E-state index in [4.69, 9.17) is 26.8 Å². The third-order valence-corrected chi connectivity index (χ3v) is 2.32. The number of hydrogen-bond acceptors (Lipinski definition) is 6. The van der Waals surface area contributed by atoms with Crippen molar-refractivity contribution in [1.82, 2.24) is 15.0 Å². The van der Waals surface area contributed by atoms with Crippen LogP contribution in [0.1, 0.15) is 13.3 Å². The monoisotopic (exact) mass is 280 g/mol. The molecule has 0 atom stereocenters. The molecule has 2 aromatic rings. The van der Waals surface area contributed by atoms with E-state index in [0.29, 0.717) is 17.4 Å². The Morgan fingerprint density at radius 3 is 2.47 bits per heavy atom. The molecule has 1 aromatic heterocycles. The molecule has 19 heavy (non-hydrogen) atoms. The van der Waals surface area contributed by atoms with Gasteiger partial charge < -0.3 is 15.2 Å². The molecule has 0 saturated carbocycles. The number of rotatable bonds is 5. The summed E-state index contributed by atoms with van der Waals surface area (Å²) in [7, 11) is 0. The Bertz CT molecular complexity index is 548. The van der Waals surface area contributed by atoms with Gasteiger partial charge in [-0.1, -0.05) is 18.5 Å². The summed E-state index contributed by atoms with van der Waals surface area (Å²) in [5.41, 5.74) is 5.57. The fourth-order valence-corrected chi connectivity index (χ4v) is 1.39. The normalized spacial score (nSPS) is 10.2. The van der Waals surface area contributed by atoms with Crippen LogP contribution in [-0.4, -0.2) is 21.6 Å². The van der Waals surface area contributed by atoms with Gasteiger partial charge in [-0.25, -0.2) is 0 Å². The van der Waals surface area contributed by atoms with Crippen LogP contribution in [0.3, 0.4) is 0 Å². The van der Waals surface area contributed by atoms with Crippen molar-refractivity contribution >= 4 is 17.5 Å². The van der Waals surface area contributed by atoms with Gasteiger partial charge in [0.05, 0.1) is 6.61 Å². The van der Waals surface area contributed by atoms with E-state index in [0.717, 1.165) is 6.42 Å². The number of aromatic nitrogens is 3. The van der Waals surface area contributed by atoms with E-state index in [9.17, 15) is 0 Å². The summed E-state index contributed by atoms with van der Waals surface area (Å²) in [5.74, 6) is 0.599. The Morgan fingerprint density at radius 2 is 1.79 bits per heavy atom. The van der Waals surface area contributed by atoms with Gasteiger partial charge >= 0.3 is 12.0 Å². The number of nitrogen functional groups attached to an aromatic ring is 1. The van der Waals surface area contributed by atoms with Crippen molar-refractivity contribution in [2.75, 3.05) is 12.3 Å². The Hall–Kier alpha value is -2.08. The smallest absolute Gasteiger partial charge is 0.330 e. The maximum atomic E-state index is 5.79. The van der Waals surface area contributed by atoms with E-state index < -0.39 is 0 Å². The molecule has 7 heteroatoms. The molecule has 0 unspecified atom stereocenters. The second kappa shape index (κ2) is 6.19. The van der Waals surface area contributed by atoms with Crippen molar-refractivity contribution < 1.29 is 9.47 Å². The molecular formula is C12H13ClN4O2. The second-order valence-electron chi connectivity index (χ2n) is 3.66. The molecule has 0 radical (unpaired) electrons. The first-order valence-electron chi connectivity index (χ1n) is 5.75. The highest BCUT2D eigenvalue weighted by Crippen LogP contribution is 2.21. The van der Waals surface area contributed by atoms with Crippen molar-refractivity contribution in [3.05, 3.63) is 29.3 Å². The van der Waals surface area contributed by atoms with Gasteiger partial charge in [0.1, 0.15) is 5.75 Å². The standard InChI is InChI=1S/C12H13ClN4O2/c1-2-7-18-11-15-10(14)16-12(17-11)19-9-5-3-8(13)4-6-9/h3-6H,2,7H2,1H3,(H2,14,15,16,17). The van der Waals surface area contributed by atoms with Gasteiger partial charge in [-0.05, 0) is 30.7 Å². The van der Waals surface area contributed by atoms with Gasteiger partial charge in [0, 0.05) is 5.02 Å². The first kappa shape index (κ1) is 13.4. The van der Waals surface area contributed by atoms with E-state index in [-0.39, 0.29) is 18.0 Å². The van der Waals surface area contributed by atoms with Crippen LogP contribution in [0.15, 0.2) is 24.3 Å². The maximum Gasteiger partial charge on any atom is 0.330 e. The van der Waals surface area contributed by atoms with Crippen LogP contribution in [-0.2, 0) is 0 Å². The molecule has 0 aliphatic rings. The fourth-order valence-electron chi connectivity index (χ4n) is 1.26. The number of benzene rings is 1. The second-order valence-corrected chi connectivity index (χ2v) is 4.10. The molecule has 6 nitrogen and oxygen atoms in total. The maximum absolute atomic E-state index is 5.79. The Morgan fingerprint density at radius 1 is 1.11 bits per heavy atom. The quantitative estimate of drug-likeness (QED) is 0.906. The number of hydrogen-bond donors (Lipinski definition) is 1. The van der Waals surface area contributed by atoms with Crippen LogP contribution < -0.4 is 15.2 Å². The Balaban J connectivity index is 2.15. The van der Waals surface area contributed by atoms with Gasteiger partial charge in [-0.2, -0.15) is 9.97 Å². The van der Waals surface area contributed by atoms with E-state index in [1.807, 2.05) is 6.92 Å². The molecule has 2 N–H and O–H groups in total.